The van der Waals surface area contributed by atoms with E-state index in [1.807, 2.05) is 37.3 Å². The predicted molar refractivity (Wildman–Crippen MR) is 92.2 cm³/mol. The first-order chi connectivity index (χ1) is 9.99. The SMILES string of the molecule is COc1cc(Br)c(C(N)c2cccc(Br)c2C)cc1OC. The van der Waals surface area contributed by atoms with Crippen LogP contribution in [0.5, 0.6) is 11.5 Å². The molecule has 0 fully saturated rings. The standard InChI is InChI=1S/C16H17Br2NO2/c1-9-10(5-4-6-12(9)17)16(19)11-7-14(20-2)15(21-3)8-13(11)18/h4-8,16H,19H2,1-3H3. The molecule has 5 heteroatoms. The molecule has 0 aromatic heterocycles. The van der Waals surface area contributed by atoms with Crippen LogP contribution in [0.25, 0.3) is 0 Å². The zero-order chi connectivity index (χ0) is 15.6. The lowest BCUT2D eigenvalue weighted by Gasteiger charge is -2.19. The molecule has 0 aliphatic carbocycles. The van der Waals surface area contributed by atoms with Crippen LogP contribution in [0, 0.1) is 6.92 Å². The van der Waals surface area contributed by atoms with E-state index in [0.717, 1.165) is 25.6 Å². The van der Waals surface area contributed by atoms with Crippen molar-refractivity contribution in [1.82, 2.24) is 0 Å². The Kier molecular flexibility index (Phi) is 5.30. The summed E-state index contributed by atoms with van der Waals surface area (Å²) in [5.41, 5.74) is 9.61. The van der Waals surface area contributed by atoms with Gasteiger partial charge >= 0.3 is 0 Å². The molecule has 2 N–H and O–H groups in total. The largest absolute Gasteiger partial charge is 0.493 e. The Morgan fingerprint density at radius 1 is 0.952 bits per heavy atom. The molecule has 1 unspecified atom stereocenters. The van der Waals surface area contributed by atoms with Gasteiger partial charge in [-0.05, 0) is 41.8 Å². The van der Waals surface area contributed by atoms with Gasteiger partial charge in [-0.2, -0.15) is 0 Å². The monoisotopic (exact) mass is 413 g/mol. The van der Waals surface area contributed by atoms with E-state index >= 15 is 0 Å². The van der Waals surface area contributed by atoms with Gasteiger partial charge in [0.05, 0.1) is 20.3 Å². The first kappa shape index (κ1) is 16.3. The second-order valence-electron chi connectivity index (χ2n) is 4.66. The number of hydrogen-bond acceptors (Lipinski definition) is 3. The van der Waals surface area contributed by atoms with Crippen LogP contribution in [-0.2, 0) is 0 Å². The van der Waals surface area contributed by atoms with E-state index < -0.39 is 0 Å². The Labute approximate surface area is 141 Å². The van der Waals surface area contributed by atoms with E-state index in [4.69, 9.17) is 15.2 Å². The van der Waals surface area contributed by atoms with Crippen LogP contribution in [-0.4, -0.2) is 14.2 Å². The Morgan fingerprint density at radius 2 is 1.57 bits per heavy atom. The third-order valence-electron chi connectivity index (χ3n) is 3.48. The van der Waals surface area contributed by atoms with Crippen molar-refractivity contribution in [2.24, 2.45) is 5.73 Å². The molecule has 0 spiro atoms. The van der Waals surface area contributed by atoms with Gasteiger partial charge in [0, 0.05) is 8.95 Å². The van der Waals surface area contributed by atoms with Crippen molar-refractivity contribution < 1.29 is 9.47 Å². The van der Waals surface area contributed by atoms with Gasteiger partial charge < -0.3 is 15.2 Å². The molecule has 0 saturated carbocycles. The summed E-state index contributed by atoms with van der Waals surface area (Å²) in [6, 6.07) is 9.57. The fourth-order valence-electron chi connectivity index (χ4n) is 2.24. The van der Waals surface area contributed by atoms with E-state index in [2.05, 4.69) is 31.9 Å². The second kappa shape index (κ2) is 6.81. The molecular formula is C16H17Br2NO2. The second-order valence-corrected chi connectivity index (χ2v) is 6.37. The van der Waals surface area contributed by atoms with Crippen LogP contribution in [0.15, 0.2) is 39.3 Å². The molecule has 2 aromatic rings. The fraction of sp³-hybridized carbons (Fsp3) is 0.250. The zero-order valence-corrected chi connectivity index (χ0v) is 15.3. The molecule has 0 bridgehead atoms. The highest BCUT2D eigenvalue weighted by atomic mass is 79.9. The zero-order valence-electron chi connectivity index (χ0n) is 12.1. The average Bonchev–Trinajstić information content (AvgIpc) is 2.49. The number of benzene rings is 2. The van der Waals surface area contributed by atoms with Gasteiger partial charge in [0.15, 0.2) is 11.5 Å². The summed E-state index contributed by atoms with van der Waals surface area (Å²) in [6.07, 6.45) is 0. The Bertz CT molecular complexity index is 659. The van der Waals surface area contributed by atoms with E-state index in [9.17, 15) is 0 Å². The van der Waals surface area contributed by atoms with Crippen molar-refractivity contribution >= 4 is 31.9 Å². The highest BCUT2D eigenvalue weighted by molar-refractivity contribution is 9.10. The minimum atomic E-state index is -0.253. The Balaban J connectivity index is 2.53. The van der Waals surface area contributed by atoms with Crippen molar-refractivity contribution in [3.8, 4) is 11.5 Å². The predicted octanol–water partition coefficient (Wildman–Crippen LogP) is 4.59. The number of hydrogen-bond donors (Lipinski definition) is 1. The van der Waals surface area contributed by atoms with Gasteiger partial charge in [-0.15, -0.1) is 0 Å². The molecule has 0 aliphatic rings. The number of rotatable bonds is 4. The average molecular weight is 415 g/mol. The molecule has 0 radical (unpaired) electrons. The Hall–Kier alpha value is -1.04. The summed E-state index contributed by atoms with van der Waals surface area (Å²) in [7, 11) is 3.23. The van der Waals surface area contributed by atoms with Crippen molar-refractivity contribution in [2.75, 3.05) is 14.2 Å². The highest BCUT2D eigenvalue weighted by Gasteiger charge is 2.18. The smallest absolute Gasteiger partial charge is 0.161 e. The van der Waals surface area contributed by atoms with Crippen LogP contribution in [0.1, 0.15) is 22.7 Å². The van der Waals surface area contributed by atoms with E-state index in [1.54, 1.807) is 14.2 Å². The first-order valence-corrected chi connectivity index (χ1v) is 8.00. The Morgan fingerprint density at radius 3 is 2.19 bits per heavy atom. The van der Waals surface area contributed by atoms with E-state index in [0.29, 0.717) is 11.5 Å². The minimum absolute atomic E-state index is 0.253. The molecule has 112 valence electrons. The first-order valence-electron chi connectivity index (χ1n) is 6.41. The van der Waals surface area contributed by atoms with Crippen LogP contribution in [0.4, 0.5) is 0 Å². The lowest BCUT2D eigenvalue weighted by molar-refractivity contribution is 0.354. The maximum atomic E-state index is 6.45. The lowest BCUT2D eigenvalue weighted by Crippen LogP contribution is -2.14. The topological polar surface area (TPSA) is 44.5 Å². The third-order valence-corrected chi connectivity index (χ3v) is 5.03. The number of halogens is 2. The van der Waals surface area contributed by atoms with Crippen LogP contribution < -0.4 is 15.2 Å². The van der Waals surface area contributed by atoms with Crippen molar-refractivity contribution in [2.45, 2.75) is 13.0 Å². The molecule has 0 aliphatic heterocycles. The molecule has 0 amide bonds. The molecule has 2 rings (SSSR count). The van der Waals surface area contributed by atoms with Crippen molar-refractivity contribution in [1.29, 1.82) is 0 Å². The molecule has 0 heterocycles. The van der Waals surface area contributed by atoms with Gasteiger partial charge in [-0.3, -0.25) is 0 Å². The van der Waals surface area contributed by atoms with Crippen LogP contribution in [0.2, 0.25) is 0 Å². The summed E-state index contributed by atoms with van der Waals surface area (Å²) >= 11 is 7.11. The normalized spacial score (nSPS) is 12.1. The quantitative estimate of drug-likeness (QED) is 0.795. The highest BCUT2D eigenvalue weighted by Crippen LogP contribution is 2.38. The van der Waals surface area contributed by atoms with Crippen LogP contribution in [0.3, 0.4) is 0 Å². The van der Waals surface area contributed by atoms with Crippen LogP contribution >= 0.6 is 31.9 Å². The molecule has 21 heavy (non-hydrogen) atoms. The maximum absolute atomic E-state index is 6.45. The lowest BCUT2D eigenvalue weighted by atomic mass is 9.95. The van der Waals surface area contributed by atoms with Crippen molar-refractivity contribution in [3.63, 3.8) is 0 Å². The van der Waals surface area contributed by atoms with Gasteiger partial charge in [0.2, 0.25) is 0 Å². The number of ether oxygens (including phenoxy) is 2. The molecule has 0 saturated heterocycles. The summed E-state index contributed by atoms with van der Waals surface area (Å²) < 4.78 is 12.6. The minimum Gasteiger partial charge on any atom is -0.493 e. The van der Waals surface area contributed by atoms with Gasteiger partial charge in [-0.25, -0.2) is 0 Å². The fourth-order valence-corrected chi connectivity index (χ4v) is 3.19. The molecular weight excluding hydrogens is 398 g/mol. The number of nitrogens with two attached hydrogens (primary N) is 1. The van der Waals surface area contributed by atoms with E-state index in [-0.39, 0.29) is 6.04 Å². The van der Waals surface area contributed by atoms with Gasteiger partial charge in [0.1, 0.15) is 0 Å². The molecule has 2 aromatic carbocycles. The summed E-state index contributed by atoms with van der Waals surface area (Å²) in [5, 5.41) is 0. The van der Waals surface area contributed by atoms with Gasteiger partial charge in [0.25, 0.3) is 0 Å². The maximum Gasteiger partial charge on any atom is 0.161 e. The summed E-state index contributed by atoms with van der Waals surface area (Å²) in [6.45, 7) is 2.05. The van der Waals surface area contributed by atoms with E-state index in [1.165, 1.54) is 0 Å². The third kappa shape index (κ3) is 3.25. The summed E-state index contributed by atoms with van der Waals surface area (Å²) in [5.74, 6) is 1.34. The van der Waals surface area contributed by atoms with Gasteiger partial charge in [-0.1, -0.05) is 44.0 Å². The van der Waals surface area contributed by atoms with Crippen molar-refractivity contribution in [3.05, 3.63) is 56.0 Å². The summed E-state index contributed by atoms with van der Waals surface area (Å²) in [4.78, 5) is 0. The number of methoxy groups -OCH3 is 2. The molecule has 3 nitrogen and oxygen atoms in total. The molecule has 1 atom stereocenters.